The van der Waals surface area contributed by atoms with Crippen LogP contribution in [0.1, 0.15) is 200 Å². The highest BCUT2D eigenvalue weighted by atomic mass is 16.5. The molecule has 1 heterocycles. The molecular formula is C44H83NO2. The molecule has 1 unspecified atom stereocenters. The Morgan fingerprint density at radius 1 is 0.468 bits per heavy atom. The zero-order valence-electron chi connectivity index (χ0n) is 32.1. The maximum atomic E-state index is 6.42. The van der Waals surface area contributed by atoms with Crippen molar-refractivity contribution in [3.8, 4) is 0 Å². The SMILES string of the molecule is CCCCC/C=C\C/C=C\CCCCCCCCOCC(CN1CCCCC1)OCCCCCCCCCCC/C=C\CCCCC. The average Bonchev–Trinajstić information content (AvgIpc) is 3.09. The molecule has 3 heteroatoms. The quantitative estimate of drug-likeness (QED) is 0.0494. The average molecular weight is 658 g/mol. The Balaban J connectivity index is 1.98. The number of unbranched alkanes of at least 4 members (excludes halogenated alkanes) is 21. The first-order valence-electron chi connectivity index (χ1n) is 21.2. The smallest absolute Gasteiger partial charge is 0.0934 e. The number of allylic oxidation sites excluding steroid dienone is 6. The van der Waals surface area contributed by atoms with Gasteiger partial charge in [0.1, 0.15) is 0 Å². The van der Waals surface area contributed by atoms with Crippen molar-refractivity contribution < 1.29 is 9.47 Å². The Morgan fingerprint density at radius 3 is 1.40 bits per heavy atom. The lowest BCUT2D eigenvalue weighted by molar-refractivity contribution is -0.0363. The normalized spacial score (nSPS) is 15.2. The number of rotatable bonds is 36. The van der Waals surface area contributed by atoms with Crippen molar-refractivity contribution in [1.82, 2.24) is 4.90 Å². The van der Waals surface area contributed by atoms with Crippen LogP contribution in [0, 0.1) is 0 Å². The van der Waals surface area contributed by atoms with Crippen LogP contribution in [0.5, 0.6) is 0 Å². The van der Waals surface area contributed by atoms with Crippen molar-refractivity contribution in [3.05, 3.63) is 36.5 Å². The van der Waals surface area contributed by atoms with Gasteiger partial charge in [0.2, 0.25) is 0 Å². The van der Waals surface area contributed by atoms with Crippen molar-refractivity contribution in [3.63, 3.8) is 0 Å². The minimum Gasteiger partial charge on any atom is -0.379 e. The number of ether oxygens (including phenoxy) is 2. The first kappa shape index (κ1) is 44.1. The van der Waals surface area contributed by atoms with E-state index in [0.717, 1.165) is 32.8 Å². The fourth-order valence-corrected chi connectivity index (χ4v) is 6.59. The van der Waals surface area contributed by atoms with Gasteiger partial charge in [-0.05, 0) is 96.6 Å². The summed E-state index contributed by atoms with van der Waals surface area (Å²) in [5.74, 6) is 0. The molecule has 0 amide bonds. The molecule has 1 fully saturated rings. The summed E-state index contributed by atoms with van der Waals surface area (Å²) in [5, 5.41) is 0. The van der Waals surface area contributed by atoms with Gasteiger partial charge in [-0.15, -0.1) is 0 Å². The number of piperidine rings is 1. The van der Waals surface area contributed by atoms with Gasteiger partial charge in [-0.25, -0.2) is 0 Å². The predicted octanol–water partition coefficient (Wildman–Crippen LogP) is 13.7. The summed E-state index contributed by atoms with van der Waals surface area (Å²) in [7, 11) is 0. The van der Waals surface area contributed by atoms with Crippen molar-refractivity contribution in [2.24, 2.45) is 0 Å². The Hall–Kier alpha value is -0.900. The molecule has 0 N–H and O–H groups in total. The first-order valence-corrected chi connectivity index (χ1v) is 21.2. The van der Waals surface area contributed by atoms with E-state index in [1.807, 2.05) is 0 Å². The van der Waals surface area contributed by atoms with Gasteiger partial charge in [0.15, 0.2) is 0 Å². The van der Waals surface area contributed by atoms with Crippen LogP contribution in [-0.2, 0) is 9.47 Å². The largest absolute Gasteiger partial charge is 0.379 e. The molecule has 0 aliphatic carbocycles. The summed E-state index contributed by atoms with van der Waals surface area (Å²) in [5.41, 5.74) is 0. The van der Waals surface area contributed by atoms with Crippen molar-refractivity contribution in [2.75, 3.05) is 39.5 Å². The molecule has 0 bridgehead atoms. The van der Waals surface area contributed by atoms with E-state index >= 15 is 0 Å². The summed E-state index contributed by atoms with van der Waals surface area (Å²) in [6.07, 6.45) is 53.0. The fourth-order valence-electron chi connectivity index (χ4n) is 6.59. The molecule has 47 heavy (non-hydrogen) atoms. The van der Waals surface area contributed by atoms with Gasteiger partial charge in [0.25, 0.3) is 0 Å². The molecule has 1 rings (SSSR count). The molecule has 1 atom stereocenters. The second-order valence-electron chi connectivity index (χ2n) is 14.5. The van der Waals surface area contributed by atoms with Gasteiger partial charge in [-0.2, -0.15) is 0 Å². The van der Waals surface area contributed by atoms with Gasteiger partial charge >= 0.3 is 0 Å². The second kappa shape index (κ2) is 37.9. The van der Waals surface area contributed by atoms with Gasteiger partial charge < -0.3 is 14.4 Å². The van der Waals surface area contributed by atoms with Crippen LogP contribution in [0.25, 0.3) is 0 Å². The van der Waals surface area contributed by atoms with E-state index in [0.29, 0.717) is 0 Å². The lowest BCUT2D eigenvalue weighted by atomic mass is 10.1. The Bertz CT molecular complexity index is 680. The fraction of sp³-hybridized carbons (Fsp3) is 0.864. The van der Waals surface area contributed by atoms with Crippen LogP contribution in [0.4, 0.5) is 0 Å². The monoisotopic (exact) mass is 658 g/mol. The number of nitrogens with zero attached hydrogens (tertiary/aromatic N) is 1. The highest BCUT2D eigenvalue weighted by Crippen LogP contribution is 2.14. The minimum absolute atomic E-state index is 0.240. The van der Waals surface area contributed by atoms with Crippen molar-refractivity contribution in [1.29, 1.82) is 0 Å². The predicted molar refractivity (Wildman–Crippen MR) is 210 cm³/mol. The van der Waals surface area contributed by atoms with Crippen molar-refractivity contribution >= 4 is 0 Å². The molecule has 0 aromatic heterocycles. The summed E-state index contributed by atoms with van der Waals surface area (Å²) in [4.78, 5) is 2.61. The van der Waals surface area contributed by atoms with E-state index in [-0.39, 0.29) is 6.10 Å². The van der Waals surface area contributed by atoms with Crippen LogP contribution in [-0.4, -0.2) is 50.5 Å². The highest BCUT2D eigenvalue weighted by Gasteiger charge is 2.17. The molecule has 3 nitrogen and oxygen atoms in total. The Kier molecular flexibility index (Phi) is 35.6. The van der Waals surface area contributed by atoms with Gasteiger partial charge in [0, 0.05) is 19.8 Å². The van der Waals surface area contributed by atoms with Crippen molar-refractivity contribution in [2.45, 2.75) is 206 Å². The summed E-state index contributed by atoms with van der Waals surface area (Å²) < 4.78 is 12.6. The third-order valence-electron chi connectivity index (χ3n) is 9.71. The van der Waals surface area contributed by atoms with E-state index in [4.69, 9.17) is 9.47 Å². The van der Waals surface area contributed by atoms with Crippen LogP contribution in [0.3, 0.4) is 0 Å². The highest BCUT2D eigenvalue weighted by molar-refractivity contribution is 4.92. The van der Waals surface area contributed by atoms with E-state index in [2.05, 4.69) is 55.2 Å². The standard InChI is InChI=1S/C44H83NO2/c1-3-5-7-9-11-13-15-17-19-21-23-25-27-29-31-36-40-46-43-44(42-45-38-34-33-35-39-45)47-41-37-32-30-28-26-24-22-20-18-16-14-12-10-8-6-4-2/h11-14,17,19,44H,3-10,15-16,18,20-43H2,1-2H3/b13-11-,14-12-,19-17-. The number of hydrogen-bond donors (Lipinski definition) is 0. The molecule has 1 aliphatic rings. The summed E-state index contributed by atoms with van der Waals surface area (Å²) >= 11 is 0. The molecule has 0 saturated carbocycles. The molecule has 1 aliphatic heterocycles. The summed E-state index contributed by atoms with van der Waals surface area (Å²) in [6.45, 7) is 10.6. The lowest BCUT2D eigenvalue weighted by Crippen LogP contribution is -2.39. The minimum atomic E-state index is 0.240. The topological polar surface area (TPSA) is 21.7 Å². The lowest BCUT2D eigenvalue weighted by Gasteiger charge is -2.30. The molecular weight excluding hydrogens is 574 g/mol. The molecule has 276 valence electrons. The summed E-state index contributed by atoms with van der Waals surface area (Å²) in [6, 6.07) is 0. The molecule has 0 aromatic carbocycles. The number of likely N-dealkylation sites (tertiary alicyclic amines) is 1. The zero-order valence-corrected chi connectivity index (χ0v) is 32.1. The third-order valence-corrected chi connectivity index (χ3v) is 9.71. The third kappa shape index (κ3) is 33.4. The zero-order chi connectivity index (χ0) is 33.6. The van der Waals surface area contributed by atoms with E-state index < -0.39 is 0 Å². The Morgan fingerprint density at radius 2 is 0.894 bits per heavy atom. The van der Waals surface area contributed by atoms with E-state index in [1.165, 1.54) is 193 Å². The maximum absolute atomic E-state index is 6.42. The molecule has 0 radical (unpaired) electrons. The van der Waals surface area contributed by atoms with E-state index in [1.54, 1.807) is 0 Å². The van der Waals surface area contributed by atoms with Gasteiger partial charge in [0.05, 0.1) is 12.7 Å². The molecule has 1 saturated heterocycles. The van der Waals surface area contributed by atoms with E-state index in [9.17, 15) is 0 Å². The molecule has 0 aromatic rings. The van der Waals surface area contributed by atoms with Crippen LogP contribution >= 0.6 is 0 Å². The van der Waals surface area contributed by atoms with Gasteiger partial charge in [-0.1, -0.05) is 153 Å². The maximum Gasteiger partial charge on any atom is 0.0934 e. The van der Waals surface area contributed by atoms with Crippen LogP contribution in [0.2, 0.25) is 0 Å². The number of hydrogen-bond acceptors (Lipinski definition) is 3. The second-order valence-corrected chi connectivity index (χ2v) is 14.5. The van der Waals surface area contributed by atoms with Crippen LogP contribution < -0.4 is 0 Å². The Labute approximate surface area is 295 Å². The first-order chi connectivity index (χ1) is 23.4. The van der Waals surface area contributed by atoms with Gasteiger partial charge in [-0.3, -0.25) is 0 Å². The van der Waals surface area contributed by atoms with Crippen LogP contribution in [0.15, 0.2) is 36.5 Å². The molecule has 0 spiro atoms.